The number of piperidine rings is 1. The molecule has 1 aromatic carbocycles. The molecule has 0 radical (unpaired) electrons. The quantitative estimate of drug-likeness (QED) is 0.578. The summed E-state index contributed by atoms with van der Waals surface area (Å²) < 4.78 is 1.15. The summed E-state index contributed by atoms with van der Waals surface area (Å²) in [5.41, 5.74) is 0.892. The highest BCUT2D eigenvalue weighted by Crippen LogP contribution is 2.42. The second-order valence-corrected chi connectivity index (χ2v) is 11.1. The number of hydrogen-bond acceptors (Lipinski definition) is 6. The van der Waals surface area contributed by atoms with E-state index in [1.165, 1.54) is 0 Å². The van der Waals surface area contributed by atoms with Crippen LogP contribution < -0.4 is 5.32 Å². The molecule has 2 fully saturated rings. The molecule has 3 aromatic rings. The highest BCUT2D eigenvalue weighted by Gasteiger charge is 2.54. The average molecular weight is 481 g/mol. The highest BCUT2D eigenvalue weighted by atomic mass is 32.1. The Balaban J connectivity index is 1.18. The van der Waals surface area contributed by atoms with Crippen LogP contribution in [0, 0.1) is 0 Å². The third-order valence-corrected chi connectivity index (χ3v) is 9.24. The topological polar surface area (TPSA) is 82.6 Å². The van der Waals surface area contributed by atoms with Crippen LogP contribution in [0.1, 0.15) is 47.0 Å². The second kappa shape index (κ2) is 7.92. The molecule has 0 saturated carbocycles. The van der Waals surface area contributed by atoms with Gasteiger partial charge in [-0.25, -0.2) is 9.78 Å². The smallest absolute Gasteiger partial charge is 0.325 e. The van der Waals surface area contributed by atoms with E-state index in [2.05, 4.69) is 11.4 Å². The van der Waals surface area contributed by atoms with Gasteiger partial charge in [-0.3, -0.25) is 14.5 Å². The summed E-state index contributed by atoms with van der Waals surface area (Å²) in [6.45, 7) is 1.00. The third-order valence-electron chi connectivity index (χ3n) is 7.06. The summed E-state index contributed by atoms with van der Waals surface area (Å²) in [7, 11) is 0. The Labute approximate surface area is 199 Å². The number of aromatic nitrogens is 1. The van der Waals surface area contributed by atoms with E-state index in [0.717, 1.165) is 56.2 Å². The van der Waals surface area contributed by atoms with E-state index < -0.39 is 11.6 Å². The first-order valence-corrected chi connectivity index (χ1v) is 13.1. The van der Waals surface area contributed by atoms with Crippen LogP contribution in [0.4, 0.5) is 4.79 Å². The van der Waals surface area contributed by atoms with Gasteiger partial charge in [0.05, 0.1) is 15.2 Å². The normalized spacial score (nSPS) is 25.0. The second-order valence-electron chi connectivity index (χ2n) is 9.04. The lowest BCUT2D eigenvalue weighted by Crippen LogP contribution is -2.48. The predicted octanol–water partition coefficient (Wildman–Crippen LogP) is 3.85. The number of imide groups is 1. The summed E-state index contributed by atoms with van der Waals surface area (Å²) in [6.07, 6.45) is 4.22. The van der Waals surface area contributed by atoms with Crippen LogP contribution in [0.3, 0.4) is 0 Å². The van der Waals surface area contributed by atoms with Crippen LogP contribution in [-0.2, 0) is 21.5 Å². The molecule has 170 valence electrons. The maximum Gasteiger partial charge on any atom is 0.325 e. The van der Waals surface area contributed by atoms with Gasteiger partial charge in [-0.15, -0.1) is 22.7 Å². The summed E-state index contributed by atoms with van der Waals surface area (Å²) in [6, 6.07) is 9.55. The maximum absolute atomic E-state index is 13.4. The summed E-state index contributed by atoms with van der Waals surface area (Å²) in [5, 5.41) is 5.96. The molecule has 1 N–H and O–H groups in total. The molecule has 2 atom stereocenters. The number of amides is 4. The molecule has 6 rings (SSSR count). The molecule has 33 heavy (non-hydrogen) atoms. The Kier molecular flexibility index (Phi) is 4.99. The molecule has 2 aromatic heterocycles. The van der Waals surface area contributed by atoms with E-state index in [1.54, 1.807) is 27.6 Å². The third kappa shape index (κ3) is 3.36. The first-order valence-electron chi connectivity index (χ1n) is 11.4. The monoisotopic (exact) mass is 480 g/mol. The first-order chi connectivity index (χ1) is 16.0. The van der Waals surface area contributed by atoms with E-state index in [1.807, 2.05) is 29.6 Å². The van der Waals surface area contributed by atoms with Crippen LogP contribution in [0.25, 0.3) is 10.2 Å². The van der Waals surface area contributed by atoms with Gasteiger partial charge in [-0.05, 0) is 55.7 Å². The average Bonchev–Trinajstić information content (AvgIpc) is 3.54. The lowest BCUT2D eigenvalue weighted by atomic mass is 9.80. The van der Waals surface area contributed by atoms with Gasteiger partial charge in [0.25, 0.3) is 5.91 Å². The zero-order valence-corrected chi connectivity index (χ0v) is 19.7. The van der Waals surface area contributed by atoms with Crippen molar-refractivity contribution < 1.29 is 14.4 Å². The van der Waals surface area contributed by atoms with Gasteiger partial charge in [-0.2, -0.15) is 0 Å². The Hall–Kier alpha value is -2.78. The maximum atomic E-state index is 13.4. The van der Waals surface area contributed by atoms with Gasteiger partial charge in [0.15, 0.2) is 0 Å². The van der Waals surface area contributed by atoms with E-state index in [-0.39, 0.29) is 24.3 Å². The van der Waals surface area contributed by atoms with Crippen molar-refractivity contribution in [2.45, 2.75) is 43.6 Å². The number of nitrogens with one attached hydrogen (secondary N) is 1. The van der Waals surface area contributed by atoms with Crippen LogP contribution >= 0.6 is 22.7 Å². The van der Waals surface area contributed by atoms with E-state index >= 15 is 0 Å². The number of aryl methyl sites for hydroxylation is 1. The SMILES string of the molecule is O=C(CN1C(=O)N[C@@]2(CCCc3sccc32)C1=O)N1CCC[C@H](c2nc3ccccc3s2)C1. The molecule has 4 amide bonds. The van der Waals surface area contributed by atoms with Gasteiger partial charge in [0.2, 0.25) is 5.91 Å². The van der Waals surface area contributed by atoms with Crippen molar-refractivity contribution in [3.63, 3.8) is 0 Å². The van der Waals surface area contributed by atoms with Crippen molar-refractivity contribution in [2.75, 3.05) is 19.6 Å². The van der Waals surface area contributed by atoms with Crippen molar-refractivity contribution in [3.8, 4) is 0 Å². The van der Waals surface area contributed by atoms with E-state index in [0.29, 0.717) is 19.5 Å². The van der Waals surface area contributed by atoms with Gasteiger partial charge >= 0.3 is 6.03 Å². The summed E-state index contributed by atoms with van der Waals surface area (Å²) >= 11 is 3.31. The highest BCUT2D eigenvalue weighted by molar-refractivity contribution is 7.18. The fourth-order valence-corrected chi connectivity index (χ4v) is 7.48. The number of benzene rings is 1. The molecule has 0 unspecified atom stereocenters. The number of thiophene rings is 1. The number of carbonyl (C=O) groups excluding carboxylic acids is 3. The summed E-state index contributed by atoms with van der Waals surface area (Å²) in [4.78, 5) is 48.3. The minimum Gasteiger partial charge on any atom is -0.340 e. The molecular formula is C24H24N4O3S2. The minimum atomic E-state index is -1.00. The predicted molar refractivity (Wildman–Crippen MR) is 127 cm³/mol. The number of carbonyl (C=O) groups is 3. The number of urea groups is 1. The molecule has 3 aliphatic rings. The van der Waals surface area contributed by atoms with Gasteiger partial charge in [0.1, 0.15) is 12.1 Å². The van der Waals surface area contributed by atoms with Gasteiger partial charge in [-0.1, -0.05) is 12.1 Å². The number of rotatable bonds is 3. The minimum absolute atomic E-state index is 0.178. The molecule has 9 heteroatoms. The van der Waals surface area contributed by atoms with Crippen molar-refractivity contribution >= 4 is 50.7 Å². The fraction of sp³-hybridized carbons (Fsp3) is 0.417. The molecule has 7 nitrogen and oxygen atoms in total. The molecule has 1 aliphatic carbocycles. The number of hydrogen-bond donors (Lipinski definition) is 1. The number of nitrogens with zero attached hydrogens (tertiary/aromatic N) is 3. The number of fused-ring (bicyclic) bond motifs is 3. The fourth-order valence-electron chi connectivity index (χ4n) is 5.39. The lowest BCUT2D eigenvalue weighted by molar-refractivity contribution is -0.140. The lowest BCUT2D eigenvalue weighted by Gasteiger charge is -2.33. The molecule has 2 saturated heterocycles. The molecule has 0 bridgehead atoms. The van der Waals surface area contributed by atoms with Crippen LogP contribution in [-0.4, -0.2) is 52.3 Å². The zero-order chi connectivity index (χ0) is 22.6. The van der Waals surface area contributed by atoms with Crippen LogP contribution in [0.15, 0.2) is 35.7 Å². The number of likely N-dealkylation sites (tertiary alicyclic amines) is 1. The zero-order valence-electron chi connectivity index (χ0n) is 18.1. The number of thiazole rings is 1. The van der Waals surface area contributed by atoms with E-state index in [9.17, 15) is 14.4 Å². The molecule has 4 heterocycles. The van der Waals surface area contributed by atoms with E-state index in [4.69, 9.17) is 4.98 Å². The van der Waals surface area contributed by atoms with Crippen molar-refractivity contribution in [2.24, 2.45) is 0 Å². The van der Waals surface area contributed by atoms with Gasteiger partial charge in [0, 0.05) is 29.4 Å². The number of para-hydroxylation sites is 1. The Morgan fingerprint density at radius 1 is 1.21 bits per heavy atom. The standard InChI is InChI=1S/C24H24N4O3S2/c29-20(27-11-4-5-15(13-27)21-25-17-6-1-2-7-19(17)33-21)14-28-22(30)24(26-23(28)31)10-3-8-18-16(24)9-12-32-18/h1-2,6-7,9,12,15H,3-5,8,10-11,13-14H2,(H,26,31)/t15-,24+/m0/s1. The largest absolute Gasteiger partial charge is 0.340 e. The van der Waals surface area contributed by atoms with Gasteiger partial charge < -0.3 is 10.2 Å². The van der Waals surface area contributed by atoms with Crippen molar-refractivity contribution in [1.29, 1.82) is 0 Å². The molecule has 2 aliphatic heterocycles. The molecular weight excluding hydrogens is 456 g/mol. The first kappa shape index (κ1) is 20.8. The Morgan fingerprint density at radius 3 is 2.97 bits per heavy atom. The van der Waals surface area contributed by atoms with Crippen LogP contribution in [0.5, 0.6) is 0 Å². The summed E-state index contributed by atoms with van der Waals surface area (Å²) in [5.74, 6) is -0.288. The van der Waals surface area contributed by atoms with Crippen molar-refractivity contribution in [3.05, 3.63) is 51.2 Å². The van der Waals surface area contributed by atoms with Crippen molar-refractivity contribution in [1.82, 2.24) is 20.1 Å². The Bertz CT molecular complexity index is 1230. The van der Waals surface area contributed by atoms with Crippen LogP contribution in [0.2, 0.25) is 0 Å². The Morgan fingerprint density at radius 2 is 2.09 bits per heavy atom. The molecule has 1 spiro atoms.